The molecule has 0 aliphatic heterocycles. The third-order valence-corrected chi connectivity index (χ3v) is 2.83. The van der Waals surface area contributed by atoms with E-state index in [4.69, 9.17) is 0 Å². The van der Waals surface area contributed by atoms with Crippen molar-refractivity contribution >= 4 is 5.78 Å². The number of halogens is 3. The highest BCUT2D eigenvalue weighted by Crippen LogP contribution is 2.31. The van der Waals surface area contributed by atoms with E-state index in [1.165, 1.54) is 19.1 Å². The molecule has 0 atom stereocenters. The van der Waals surface area contributed by atoms with Crippen LogP contribution in [0.2, 0.25) is 0 Å². The van der Waals surface area contributed by atoms with E-state index in [0.29, 0.717) is 16.7 Å². The van der Waals surface area contributed by atoms with Crippen LogP contribution in [-0.2, 0) is 6.18 Å². The van der Waals surface area contributed by atoms with Crippen molar-refractivity contribution in [2.75, 3.05) is 0 Å². The molecule has 0 aliphatic rings. The predicted molar refractivity (Wildman–Crippen MR) is 66.9 cm³/mol. The summed E-state index contributed by atoms with van der Waals surface area (Å²) in [5, 5.41) is 0. The van der Waals surface area contributed by atoms with E-state index >= 15 is 0 Å². The van der Waals surface area contributed by atoms with E-state index in [2.05, 4.69) is 0 Å². The van der Waals surface area contributed by atoms with Gasteiger partial charge in [-0.2, -0.15) is 13.2 Å². The van der Waals surface area contributed by atoms with E-state index < -0.39 is 11.7 Å². The first kappa shape index (κ1) is 13.3. The van der Waals surface area contributed by atoms with Gasteiger partial charge in [0.25, 0.3) is 0 Å². The van der Waals surface area contributed by atoms with Crippen molar-refractivity contribution < 1.29 is 18.0 Å². The number of benzene rings is 2. The van der Waals surface area contributed by atoms with Crippen molar-refractivity contribution in [1.82, 2.24) is 0 Å². The number of hydrogen-bond donors (Lipinski definition) is 0. The summed E-state index contributed by atoms with van der Waals surface area (Å²) in [7, 11) is 0. The molecule has 2 rings (SSSR count). The molecule has 0 amide bonds. The SMILES string of the molecule is CC(=O)c1ccccc1-c1ccc(C(F)(F)F)cc1. The van der Waals surface area contributed by atoms with Crippen LogP contribution in [0.25, 0.3) is 11.1 Å². The average molecular weight is 264 g/mol. The Morgan fingerprint density at radius 2 is 1.53 bits per heavy atom. The van der Waals surface area contributed by atoms with Crippen molar-refractivity contribution in [3.8, 4) is 11.1 Å². The number of alkyl halides is 3. The molecule has 0 aliphatic carbocycles. The van der Waals surface area contributed by atoms with Crippen LogP contribution >= 0.6 is 0 Å². The van der Waals surface area contributed by atoms with Gasteiger partial charge in [-0.05, 0) is 30.2 Å². The van der Waals surface area contributed by atoms with E-state index in [-0.39, 0.29) is 5.78 Å². The number of carbonyl (C=O) groups excluding carboxylic acids is 1. The van der Waals surface area contributed by atoms with Crippen LogP contribution < -0.4 is 0 Å². The van der Waals surface area contributed by atoms with Crippen molar-refractivity contribution in [1.29, 1.82) is 0 Å². The molecule has 1 nitrogen and oxygen atoms in total. The van der Waals surface area contributed by atoms with Crippen molar-refractivity contribution in [2.45, 2.75) is 13.1 Å². The number of ketones is 1. The van der Waals surface area contributed by atoms with E-state index in [9.17, 15) is 18.0 Å². The van der Waals surface area contributed by atoms with Crippen LogP contribution in [0.4, 0.5) is 13.2 Å². The maximum Gasteiger partial charge on any atom is 0.416 e. The Morgan fingerprint density at radius 1 is 0.947 bits per heavy atom. The zero-order chi connectivity index (χ0) is 14.0. The molecular weight excluding hydrogens is 253 g/mol. The van der Waals surface area contributed by atoms with Gasteiger partial charge in [-0.3, -0.25) is 4.79 Å². The predicted octanol–water partition coefficient (Wildman–Crippen LogP) is 4.58. The molecule has 2 aromatic rings. The molecule has 0 unspecified atom stereocenters. The quantitative estimate of drug-likeness (QED) is 0.726. The minimum Gasteiger partial charge on any atom is -0.294 e. The molecular formula is C15H11F3O. The van der Waals surface area contributed by atoms with Crippen molar-refractivity contribution in [2.24, 2.45) is 0 Å². The monoisotopic (exact) mass is 264 g/mol. The number of Topliss-reactive ketones (excluding diaryl/α,β-unsaturated/α-hetero) is 1. The fourth-order valence-electron chi connectivity index (χ4n) is 1.88. The summed E-state index contributed by atoms with van der Waals surface area (Å²) in [6.07, 6.45) is -4.35. The number of hydrogen-bond acceptors (Lipinski definition) is 1. The smallest absolute Gasteiger partial charge is 0.294 e. The summed E-state index contributed by atoms with van der Waals surface area (Å²) in [6, 6.07) is 11.7. The van der Waals surface area contributed by atoms with Crippen LogP contribution in [0, 0.1) is 0 Å². The first-order valence-electron chi connectivity index (χ1n) is 5.67. The van der Waals surface area contributed by atoms with E-state index in [0.717, 1.165) is 12.1 Å². The lowest BCUT2D eigenvalue weighted by molar-refractivity contribution is -0.137. The third kappa shape index (κ3) is 2.84. The van der Waals surface area contributed by atoms with Gasteiger partial charge in [0, 0.05) is 5.56 Å². The second-order valence-electron chi connectivity index (χ2n) is 4.18. The molecule has 0 heterocycles. The van der Waals surface area contributed by atoms with Gasteiger partial charge in [0.05, 0.1) is 5.56 Å². The minimum atomic E-state index is -4.35. The molecule has 0 spiro atoms. The Hall–Kier alpha value is -2.10. The van der Waals surface area contributed by atoms with Crippen molar-refractivity contribution in [3.05, 3.63) is 59.7 Å². The molecule has 0 radical (unpaired) electrons. The topological polar surface area (TPSA) is 17.1 Å². The Bertz CT molecular complexity index is 598. The molecule has 0 aromatic heterocycles. The summed E-state index contributed by atoms with van der Waals surface area (Å²) in [4.78, 5) is 11.5. The average Bonchev–Trinajstić information content (AvgIpc) is 2.38. The van der Waals surface area contributed by atoms with Gasteiger partial charge in [-0.1, -0.05) is 36.4 Å². The maximum atomic E-state index is 12.5. The van der Waals surface area contributed by atoms with Crippen LogP contribution in [0.1, 0.15) is 22.8 Å². The summed E-state index contributed by atoms with van der Waals surface area (Å²) < 4.78 is 37.4. The van der Waals surface area contributed by atoms with Gasteiger partial charge in [-0.15, -0.1) is 0 Å². The largest absolute Gasteiger partial charge is 0.416 e. The molecule has 0 N–H and O–H groups in total. The molecule has 0 bridgehead atoms. The fourth-order valence-corrected chi connectivity index (χ4v) is 1.88. The lowest BCUT2D eigenvalue weighted by atomic mass is 9.97. The zero-order valence-electron chi connectivity index (χ0n) is 10.2. The minimum absolute atomic E-state index is 0.115. The van der Waals surface area contributed by atoms with Gasteiger partial charge in [0.2, 0.25) is 0 Å². The molecule has 2 aromatic carbocycles. The zero-order valence-corrected chi connectivity index (χ0v) is 10.2. The van der Waals surface area contributed by atoms with E-state index in [1.54, 1.807) is 24.3 Å². The van der Waals surface area contributed by atoms with Crippen LogP contribution in [0.15, 0.2) is 48.5 Å². The van der Waals surface area contributed by atoms with E-state index in [1.807, 2.05) is 0 Å². The highest BCUT2D eigenvalue weighted by Gasteiger charge is 2.30. The number of rotatable bonds is 2. The molecule has 0 saturated carbocycles. The summed E-state index contributed by atoms with van der Waals surface area (Å²) in [5.74, 6) is -0.115. The third-order valence-electron chi connectivity index (χ3n) is 2.83. The lowest BCUT2D eigenvalue weighted by Gasteiger charge is -2.10. The molecule has 0 saturated heterocycles. The summed E-state index contributed by atoms with van der Waals surface area (Å²) >= 11 is 0. The molecule has 4 heteroatoms. The molecule has 19 heavy (non-hydrogen) atoms. The van der Waals surface area contributed by atoms with Crippen molar-refractivity contribution in [3.63, 3.8) is 0 Å². The number of carbonyl (C=O) groups is 1. The maximum absolute atomic E-state index is 12.5. The van der Waals surface area contributed by atoms with Crippen LogP contribution in [0.3, 0.4) is 0 Å². The van der Waals surface area contributed by atoms with Gasteiger partial charge >= 0.3 is 6.18 Å². The standard InChI is InChI=1S/C15H11F3O/c1-10(19)13-4-2-3-5-14(13)11-6-8-12(9-7-11)15(16,17)18/h2-9H,1H3. The van der Waals surface area contributed by atoms with Gasteiger partial charge in [0.15, 0.2) is 5.78 Å². The van der Waals surface area contributed by atoms with Gasteiger partial charge in [0.1, 0.15) is 0 Å². The second kappa shape index (κ2) is 4.88. The first-order chi connectivity index (χ1) is 8.89. The Morgan fingerprint density at radius 3 is 2.05 bits per heavy atom. The van der Waals surface area contributed by atoms with Gasteiger partial charge in [-0.25, -0.2) is 0 Å². The summed E-state index contributed by atoms with van der Waals surface area (Å²) in [6.45, 7) is 1.43. The lowest BCUT2D eigenvalue weighted by Crippen LogP contribution is -2.04. The highest BCUT2D eigenvalue weighted by molar-refractivity contribution is 6.00. The Balaban J connectivity index is 2.46. The van der Waals surface area contributed by atoms with Crippen LogP contribution in [0.5, 0.6) is 0 Å². The van der Waals surface area contributed by atoms with Crippen LogP contribution in [-0.4, -0.2) is 5.78 Å². The summed E-state index contributed by atoms with van der Waals surface area (Å²) in [5.41, 5.74) is 1.04. The fraction of sp³-hybridized carbons (Fsp3) is 0.133. The Labute approximate surface area is 108 Å². The normalized spacial score (nSPS) is 11.4. The van der Waals surface area contributed by atoms with Gasteiger partial charge < -0.3 is 0 Å². The molecule has 0 fully saturated rings. The second-order valence-corrected chi connectivity index (χ2v) is 4.18. The highest BCUT2D eigenvalue weighted by atomic mass is 19.4. The molecule has 98 valence electrons. The first-order valence-corrected chi connectivity index (χ1v) is 5.67. The Kier molecular flexibility index (Phi) is 3.42.